The van der Waals surface area contributed by atoms with Gasteiger partial charge >= 0.3 is 0 Å². The number of allylic oxidation sites excluding steroid dienone is 1. The van der Waals surface area contributed by atoms with Gasteiger partial charge in [0.15, 0.2) is 11.6 Å². The monoisotopic (exact) mass is 557 g/mol. The van der Waals surface area contributed by atoms with Crippen LogP contribution < -0.4 is 15.3 Å². The normalized spacial score (nSPS) is 16.9. The van der Waals surface area contributed by atoms with Gasteiger partial charge in [0.05, 0.1) is 5.57 Å². The first-order valence-electron chi connectivity index (χ1n) is 13.7. The molecule has 0 amide bonds. The second kappa shape index (κ2) is 8.68. The van der Waals surface area contributed by atoms with Gasteiger partial charge in [-0.05, 0) is 87.8 Å². The minimum absolute atomic E-state index is 0.182. The summed E-state index contributed by atoms with van der Waals surface area (Å²) < 4.78 is 14.7. The highest BCUT2D eigenvalue weighted by Crippen LogP contribution is 2.45. The van der Waals surface area contributed by atoms with Crippen molar-refractivity contribution in [3.63, 3.8) is 0 Å². The maximum atomic E-state index is 14.7. The molecule has 3 heterocycles. The summed E-state index contributed by atoms with van der Waals surface area (Å²) in [7, 11) is -2.04. The maximum absolute atomic E-state index is 14.7. The third-order valence-corrected chi connectivity index (χ3v) is 15.1. The van der Waals surface area contributed by atoms with Crippen molar-refractivity contribution in [3.05, 3.63) is 118 Å². The van der Waals surface area contributed by atoms with E-state index in [0.717, 1.165) is 38.4 Å². The van der Waals surface area contributed by atoms with Crippen LogP contribution in [0.1, 0.15) is 38.4 Å². The number of benzene rings is 4. The summed E-state index contributed by atoms with van der Waals surface area (Å²) in [5.41, 5.74) is 3.38. The summed E-state index contributed by atoms with van der Waals surface area (Å²) in [6, 6.07) is 31.6. The van der Waals surface area contributed by atoms with Gasteiger partial charge in [-0.2, -0.15) is 0 Å². The van der Waals surface area contributed by atoms with E-state index in [4.69, 9.17) is 0 Å². The van der Waals surface area contributed by atoms with Gasteiger partial charge in [-0.1, -0.05) is 55.3 Å². The number of ketones is 2. The lowest BCUT2D eigenvalue weighted by Crippen LogP contribution is -2.61. The van der Waals surface area contributed by atoms with Crippen molar-refractivity contribution in [1.29, 1.82) is 0 Å². The molecule has 0 saturated carbocycles. The van der Waals surface area contributed by atoms with Crippen molar-refractivity contribution in [3.8, 4) is 0 Å². The molecule has 5 aromatic rings. The van der Waals surface area contributed by atoms with Gasteiger partial charge in [0, 0.05) is 27.4 Å². The average Bonchev–Trinajstić information content (AvgIpc) is 3.70. The minimum atomic E-state index is -2.04. The molecule has 1 aliphatic carbocycles. The SMILES string of the molecule is O=C1C(=Cc2ccc(N3c4ccccc4[Si]4(CCCC4)c4cc(F)ccc43)s2)C(=O)c2cc3ccccc3cc21. The van der Waals surface area contributed by atoms with Crippen LogP contribution in [0, 0.1) is 5.82 Å². The third-order valence-electron chi connectivity index (χ3n) is 8.82. The Kier molecular flexibility index (Phi) is 5.15. The Morgan fingerprint density at radius 1 is 0.725 bits per heavy atom. The summed E-state index contributed by atoms with van der Waals surface area (Å²) >= 11 is 1.54. The van der Waals surface area contributed by atoms with Gasteiger partial charge < -0.3 is 4.90 Å². The van der Waals surface area contributed by atoms with Crippen LogP contribution in [0.15, 0.2) is 96.6 Å². The van der Waals surface area contributed by atoms with E-state index in [1.165, 1.54) is 28.9 Å². The predicted molar refractivity (Wildman–Crippen MR) is 163 cm³/mol. The van der Waals surface area contributed by atoms with E-state index in [1.807, 2.05) is 54.6 Å². The van der Waals surface area contributed by atoms with E-state index in [-0.39, 0.29) is 23.0 Å². The highest BCUT2D eigenvalue weighted by Gasteiger charge is 2.47. The van der Waals surface area contributed by atoms with Crippen molar-refractivity contribution in [1.82, 2.24) is 0 Å². The van der Waals surface area contributed by atoms with Crippen LogP contribution in [-0.2, 0) is 0 Å². The topological polar surface area (TPSA) is 37.4 Å². The Labute approximate surface area is 236 Å². The van der Waals surface area contributed by atoms with E-state index in [9.17, 15) is 14.0 Å². The first kappa shape index (κ1) is 23.7. The summed E-state index contributed by atoms with van der Waals surface area (Å²) in [5, 5.41) is 5.44. The molecular weight excluding hydrogens is 534 g/mol. The maximum Gasteiger partial charge on any atom is 0.197 e. The number of halogens is 1. The number of Topliss-reactive ketones (excluding diaryl/α,β-unsaturated/α-hetero) is 2. The summed E-state index contributed by atoms with van der Waals surface area (Å²) in [6.07, 6.45) is 4.11. The molecule has 6 heteroatoms. The van der Waals surface area contributed by atoms with Gasteiger partial charge in [0.2, 0.25) is 0 Å². The second-order valence-electron chi connectivity index (χ2n) is 10.9. The zero-order valence-corrected chi connectivity index (χ0v) is 23.4. The van der Waals surface area contributed by atoms with Crippen molar-refractivity contribution in [2.45, 2.75) is 24.9 Å². The molecule has 2 aliphatic heterocycles. The lowest BCUT2D eigenvalue weighted by molar-refractivity contribution is 0.0990. The summed E-state index contributed by atoms with van der Waals surface area (Å²) in [4.78, 5) is 29.8. The zero-order chi connectivity index (χ0) is 27.0. The van der Waals surface area contributed by atoms with Crippen LogP contribution in [0.2, 0.25) is 12.1 Å². The lowest BCUT2D eigenvalue weighted by atomic mass is 10.0. The number of carbonyl (C=O) groups excluding carboxylic acids is 2. The van der Waals surface area contributed by atoms with E-state index in [2.05, 4.69) is 29.2 Å². The standard InChI is InChI=1S/C34H24FNO2SSi/c35-23-11-13-29-31(19-23)40(15-5-6-16-40)30-10-4-3-9-28(30)36(29)32-14-12-24(39-32)20-27-33(37)25-17-21-7-1-2-8-22(21)18-26(25)34(27)38/h1-4,7-14,17-20H,5-6,15-16H2. The molecule has 0 bridgehead atoms. The first-order chi connectivity index (χ1) is 19.5. The number of hydrogen-bond donors (Lipinski definition) is 0. The van der Waals surface area contributed by atoms with E-state index in [0.29, 0.717) is 11.1 Å². The van der Waals surface area contributed by atoms with Gasteiger partial charge in [-0.3, -0.25) is 9.59 Å². The van der Waals surface area contributed by atoms with Crippen molar-refractivity contribution in [2.24, 2.45) is 0 Å². The molecule has 3 nitrogen and oxygen atoms in total. The summed E-state index contributed by atoms with van der Waals surface area (Å²) in [6.45, 7) is 0. The third kappa shape index (κ3) is 3.33. The smallest absolute Gasteiger partial charge is 0.197 e. The van der Waals surface area contributed by atoms with E-state index >= 15 is 0 Å². The molecule has 1 aromatic heterocycles. The number of anilines is 3. The molecule has 40 heavy (non-hydrogen) atoms. The fourth-order valence-corrected chi connectivity index (χ4v) is 13.5. The summed E-state index contributed by atoms with van der Waals surface area (Å²) in [5.74, 6) is -0.628. The Balaban J connectivity index is 1.23. The molecule has 1 fully saturated rings. The molecular formula is C34H24FNO2SSi. The highest BCUT2D eigenvalue weighted by atomic mass is 32.1. The van der Waals surface area contributed by atoms with Gasteiger partial charge in [-0.15, -0.1) is 11.3 Å². The van der Waals surface area contributed by atoms with E-state index in [1.54, 1.807) is 29.5 Å². The highest BCUT2D eigenvalue weighted by molar-refractivity contribution is 7.17. The molecule has 1 saturated heterocycles. The van der Waals surface area contributed by atoms with Crippen LogP contribution in [0.3, 0.4) is 0 Å². The molecule has 0 unspecified atom stereocenters. The first-order valence-corrected chi connectivity index (χ1v) is 16.9. The largest absolute Gasteiger partial charge is 0.302 e. The fourth-order valence-electron chi connectivity index (χ4n) is 7.01. The van der Waals surface area contributed by atoms with Gasteiger partial charge in [-0.25, -0.2) is 4.39 Å². The molecule has 194 valence electrons. The molecule has 0 radical (unpaired) electrons. The Morgan fingerprint density at radius 3 is 2.10 bits per heavy atom. The average molecular weight is 558 g/mol. The zero-order valence-electron chi connectivity index (χ0n) is 21.6. The van der Waals surface area contributed by atoms with Crippen molar-refractivity contribution >= 4 is 74.6 Å². The number of thiophene rings is 1. The number of rotatable bonds is 2. The van der Waals surface area contributed by atoms with Crippen molar-refractivity contribution < 1.29 is 14.0 Å². The van der Waals surface area contributed by atoms with Gasteiger partial charge in [0.1, 0.15) is 18.9 Å². The minimum Gasteiger partial charge on any atom is -0.302 e. The molecule has 3 aliphatic rings. The van der Waals surface area contributed by atoms with Gasteiger partial charge in [0.25, 0.3) is 0 Å². The number of nitrogens with zero attached hydrogens (tertiary/aromatic N) is 1. The molecule has 4 aromatic carbocycles. The van der Waals surface area contributed by atoms with E-state index < -0.39 is 8.07 Å². The number of fused-ring (bicyclic) bond motifs is 6. The number of para-hydroxylation sites is 1. The molecule has 8 rings (SSSR count). The fraction of sp³-hybridized carbons (Fsp3) is 0.118. The number of hydrogen-bond acceptors (Lipinski definition) is 4. The lowest BCUT2D eigenvalue weighted by Gasteiger charge is -2.42. The van der Waals surface area contributed by atoms with Crippen LogP contribution >= 0.6 is 11.3 Å². The molecule has 0 atom stereocenters. The van der Waals surface area contributed by atoms with Crippen LogP contribution in [0.25, 0.3) is 16.8 Å². The molecule has 0 N–H and O–H groups in total. The quantitative estimate of drug-likeness (QED) is 0.127. The Morgan fingerprint density at radius 2 is 1.38 bits per heavy atom. The predicted octanol–water partition coefficient (Wildman–Crippen LogP) is 7.64. The van der Waals surface area contributed by atoms with Crippen LogP contribution in [0.4, 0.5) is 20.8 Å². The Hall–Kier alpha value is -4.13. The van der Waals surface area contributed by atoms with Crippen LogP contribution in [0.5, 0.6) is 0 Å². The second-order valence-corrected chi connectivity index (χ2v) is 16.3. The van der Waals surface area contributed by atoms with Crippen molar-refractivity contribution in [2.75, 3.05) is 4.90 Å². The Bertz CT molecular complexity index is 1880. The number of carbonyl (C=O) groups is 2. The van der Waals surface area contributed by atoms with Crippen LogP contribution in [-0.4, -0.2) is 19.6 Å². The molecule has 1 spiro atoms.